The summed E-state index contributed by atoms with van der Waals surface area (Å²) in [6.45, 7) is 0. The van der Waals surface area contributed by atoms with Crippen molar-refractivity contribution in [1.82, 2.24) is 4.98 Å². The highest BCUT2D eigenvalue weighted by Gasteiger charge is 2.51. The number of aromatic nitrogens is 1. The molecule has 0 amide bonds. The molecule has 20 heavy (non-hydrogen) atoms. The van der Waals surface area contributed by atoms with E-state index in [0.29, 0.717) is 5.56 Å². The zero-order valence-corrected chi connectivity index (χ0v) is 11.8. The lowest BCUT2D eigenvalue weighted by Gasteiger charge is -2.57. The van der Waals surface area contributed by atoms with Crippen LogP contribution in [0.15, 0.2) is 18.5 Å². The maximum Gasteiger partial charge on any atom is 0.147 e. The lowest BCUT2D eigenvalue weighted by Crippen LogP contribution is -2.46. The van der Waals surface area contributed by atoms with Crippen LogP contribution in [0, 0.1) is 29.0 Å². The molecule has 108 valence electrons. The van der Waals surface area contributed by atoms with Crippen molar-refractivity contribution in [3.8, 4) is 0 Å². The Morgan fingerprint density at radius 3 is 2.35 bits per heavy atom. The highest BCUT2D eigenvalue weighted by Crippen LogP contribution is 2.62. The number of hydrogen-bond donors (Lipinski definition) is 1. The molecule has 1 N–H and O–H groups in total. The Balaban J connectivity index is 1.55. The highest BCUT2D eigenvalue weighted by atomic mass is 19.1. The summed E-state index contributed by atoms with van der Waals surface area (Å²) in [7, 11) is 0. The fraction of sp³-hybridized carbons (Fsp3) is 0.706. The first-order chi connectivity index (χ1) is 9.63. The standard InChI is InChI=1S/C17H22FNO/c18-15-10-19-2-1-14(15)16(20)9-17-6-11-3-12(7-17)5-13(4-11)8-17/h1-2,10-13,16,20H,3-9H2. The third-order valence-corrected chi connectivity index (χ3v) is 5.95. The van der Waals surface area contributed by atoms with Gasteiger partial charge in [0.2, 0.25) is 0 Å². The molecule has 4 aliphatic carbocycles. The van der Waals surface area contributed by atoms with Crippen molar-refractivity contribution in [2.45, 2.75) is 51.0 Å². The molecule has 4 bridgehead atoms. The number of halogens is 1. The Labute approximate surface area is 119 Å². The minimum Gasteiger partial charge on any atom is -0.388 e. The summed E-state index contributed by atoms with van der Waals surface area (Å²) >= 11 is 0. The monoisotopic (exact) mass is 275 g/mol. The normalized spacial score (nSPS) is 40.0. The van der Waals surface area contributed by atoms with Gasteiger partial charge < -0.3 is 5.11 Å². The summed E-state index contributed by atoms with van der Waals surface area (Å²) in [5.41, 5.74) is 0.708. The van der Waals surface area contributed by atoms with Crippen LogP contribution in [0.5, 0.6) is 0 Å². The molecule has 1 aromatic heterocycles. The molecule has 0 spiro atoms. The minimum absolute atomic E-state index is 0.282. The van der Waals surface area contributed by atoms with E-state index in [1.165, 1.54) is 44.7 Å². The zero-order valence-electron chi connectivity index (χ0n) is 11.8. The van der Waals surface area contributed by atoms with Crippen LogP contribution < -0.4 is 0 Å². The lowest BCUT2D eigenvalue weighted by molar-refractivity contribution is -0.0767. The van der Waals surface area contributed by atoms with Gasteiger partial charge in [-0.3, -0.25) is 4.98 Å². The Bertz CT molecular complexity index is 480. The molecule has 0 aromatic carbocycles. The van der Waals surface area contributed by atoms with Gasteiger partial charge in [0.05, 0.1) is 12.3 Å². The van der Waals surface area contributed by atoms with Crippen LogP contribution in [-0.4, -0.2) is 10.1 Å². The van der Waals surface area contributed by atoms with Gasteiger partial charge >= 0.3 is 0 Å². The van der Waals surface area contributed by atoms with Gasteiger partial charge in [-0.15, -0.1) is 0 Å². The number of nitrogens with zero attached hydrogens (tertiary/aromatic N) is 1. The third-order valence-electron chi connectivity index (χ3n) is 5.95. The van der Waals surface area contributed by atoms with Crippen molar-refractivity contribution in [3.05, 3.63) is 29.8 Å². The molecule has 0 radical (unpaired) electrons. The van der Waals surface area contributed by atoms with Crippen LogP contribution in [0.1, 0.15) is 56.6 Å². The molecule has 1 heterocycles. The quantitative estimate of drug-likeness (QED) is 0.908. The Hall–Kier alpha value is -0.960. The molecular weight excluding hydrogens is 253 g/mol. The topological polar surface area (TPSA) is 33.1 Å². The maximum atomic E-state index is 13.8. The van der Waals surface area contributed by atoms with Crippen LogP contribution in [0.2, 0.25) is 0 Å². The van der Waals surface area contributed by atoms with Crippen LogP contribution >= 0.6 is 0 Å². The smallest absolute Gasteiger partial charge is 0.147 e. The summed E-state index contributed by atoms with van der Waals surface area (Å²) in [5, 5.41) is 10.5. The van der Waals surface area contributed by atoms with Gasteiger partial charge in [0.25, 0.3) is 0 Å². The van der Waals surface area contributed by atoms with Gasteiger partial charge in [0.15, 0.2) is 0 Å². The molecular formula is C17H22FNO. The van der Waals surface area contributed by atoms with E-state index in [-0.39, 0.29) is 11.2 Å². The predicted octanol–water partition coefficient (Wildman–Crippen LogP) is 3.86. The van der Waals surface area contributed by atoms with Gasteiger partial charge in [-0.25, -0.2) is 4.39 Å². The maximum absolute atomic E-state index is 13.8. The first-order valence-corrected chi connectivity index (χ1v) is 7.91. The summed E-state index contributed by atoms with van der Waals surface area (Å²) in [6, 6.07) is 1.63. The number of pyridine rings is 1. The van der Waals surface area contributed by atoms with E-state index in [0.717, 1.165) is 24.2 Å². The van der Waals surface area contributed by atoms with Gasteiger partial charge in [0.1, 0.15) is 5.82 Å². The van der Waals surface area contributed by atoms with Crippen LogP contribution in [0.25, 0.3) is 0 Å². The van der Waals surface area contributed by atoms with Gasteiger partial charge in [-0.05, 0) is 74.2 Å². The van der Waals surface area contributed by atoms with E-state index in [2.05, 4.69) is 4.98 Å². The molecule has 5 rings (SSSR count). The van der Waals surface area contributed by atoms with Crippen LogP contribution in [0.4, 0.5) is 4.39 Å². The average Bonchev–Trinajstić information content (AvgIpc) is 2.36. The van der Waals surface area contributed by atoms with Crippen LogP contribution in [-0.2, 0) is 0 Å². The highest BCUT2D eigenvalue weighted by molar-refractivity contribution is 5.17. The molecule has 3 heteroatoms. The second-order valence-corrected chi connectivity index (χ2v) is 7.53. The number of rotatable bonds is 3. The third kappa shape index (κ3) is 2.07. The van der Waals surface area contributed by atoms with E-state index >= 15 is 0 Å². The Morgan fingerprint density at radius 1 is 1.20 bits per heavy atom. The molecule has 4 saturated carbocycles. The molecule has 0 saturated heterocycles. The summed E-state index contributed by atoms with van der Waals surface area (Å²) in [5.74, 6) is 2.24. The fourth-order valence-corrected chi connectivity index (χ4v) is 5.72. The van der Waals surface area contributed by atoms with Crippen LogP contribution in [0.3, 0.4) is 0 Å². The molecule has 1 unspecified atom stereocenters. The SMILES string of the molecule is OC(CC12CC3CC(CC(C3)C1)C2)c1ccncc1F. The predicted molar refractivity (Wildman–Crippen MR) is 74.4 cm³/mol. The van der Waals surface area contributed by atoms with E-state index in [4.69, 9.17) is 0 Å². The first-order valence-electron chi connectivity index (χ1n) is 7.91. The van der Waals surface area contributed by atoms with Crippen molar-refractivity contribution in [2.24, 2.45) is 23.2 Å². The van der Waals surface area contributed by atoms with Gasteiger partial charge in [-0.1, -0.05) is 0 Å². The largest absolute Gasteiger partial charge is 0.388 e. The molecule has 4 aliphatic rings. The Morgan fingerprint density at radius 2 is 1.80 bits per heavy atom. The van der Waals surface area contributed by atoms with Gasteiger partial charge in [-0.2, -0.15) is 0 Å². The van der Waals surface area contributed by atoms with E-state index < -0.39 is 6.10 Å². The van der Waals surface area contributed by atoms with E-state index in [1.807, 2.05) is 0 Å². The van der Waals surface area contributed by atoms with Gasteiger partial charge in [0, 0.05) is 11.8 Å². The van der Waals surface area contributed by atoms with E-state index in [1.54, 1.807) is 12.3 Å². The summed E-state index contributed by atoms with van der Waals surface area (Å²) in [6.07, 6.45) is 10.8. The first kappa shape index (κ1) is 12.8. The molecule has 2 nitrogen and oxygen atoms in total. The fourth-order valence-electron chi connectivity index (χ4n) is 5.72. The number of hydrogen-bond acceptors (Lipinski definition) is 2. The Kier molecular flexibility index (Phi) is 2.88. The van der Waals surface area contributed by atoms with Crippen molar-refractivity contribution in [3.63, 3.8) is 0 Å². The van der Waals surface area contributed by atoms with Crippen molar-refractivity contribution in [2.75, 3.05) is 0 Å². The van der Waals surface area contributed by atoms with Crippen molar-refractivity contribution < 1.29 is 9.50 Å². The molecule has 4 fully saturated rings. The average molecular weight is 275 g/mol. The minimum atomic E-state index is -0.672. The number of aliphatic hydroxyl groups excluding tert-OH is 1. The second kappa shape index (κ2) is 4.52. The van der Waals surface area contributed by atoms with E-state index in [9.17, 15) is 9.50 Å². The summed E-state index contributed by atoms with van der Waals surface area (Å²) < 4.78 is 13.8. The zero-order chi connectivity index (χ0) is 13.7. The summed E-state index contributed by atoms with van der Waals surface area (Å²) in [4.78, 5) is 3.77. The molecule has 1 aromatic rings. The van der Waals surface area contributed by atoms with Crippen molar-refractivity contribution in [1.29, 1.82) is 0 Å². The van der Waals surface area contributed by atoms with Crippen molar-refractivity contribution >= 4 is 0 Å². The lowest BCUT2D eigenvalue weighted by atomic mass is 9.48. The molecule has 1 atom stereocenters. The second-order valence-electron chi connectivity index (χ2n) is 7.53. The number of aliphatic hydroxyl groups is 1. The molecule has 0 aliphatic heterocycles.